The maximum atomic E-state index is 14.2. The van der Waals surface area contributed by atoms with E-state index in [0.717, 1.165) is 47.4 Å². The van der Waals surface area contributed by atoms with Gasteiger partial charge in [-0.15, -0.1) is 0 Å². The van der Waals surface area contributed by atoms with E-state index in [-0.39, 0.29) is 24.9 Å². The summed E-state index contributed by atoms with van der Waals surface area (Å²) in [4.78, 5) is 29.6. The Morgan fingerprint density at radius 3 is 2.26 bits per heavy atom. The van der Waals surface area contributed by atoms with Crippen LogP contribution in [0, 0.1) is 0 Å². The van der Waals surface area contributed by atoms with Crippen molar-refractivity contribution in [2.24, 2.45) is 0 Å². The monoisotopic (exact) mass is 611 g/mol. The summed E-state index contributed by atoms with van der Waals surface area (Å²) in [5, 5.41) is 3.66. The number of hydrogen-bond donors (Lipinski definition) is 1. The van der Waals surface area contributed by atoms with E-state index in [1.165, 1.54) is 4.90 Å². The van der Waals surface area contributed by atoms with Gasteiger partial charge in [0.1, 0.15) is 18.3 Å². The molecule has 0 aromatic heterocycles. The van der Waals surface area contributed by atoms with Gasteiger partial charge in [-0.3, -0.25) is 13.9 Å². The molecule has 1 aliphatic rings. The number of carbonyl (C=O) groups is 2. The first-order chi connectivity index (χ1) is 20.1. The number of hydrogen-bond acceptors (Lipinski definition) is 5. The van der Waals surface area contributed by atoms with Gasteiger partial charge in [-0.25, -0.2) is 8.42 Å². The molecule has 4 rings (SSSR count). The SMILES string of the molecule is CCOc1ccc(N(CC(=O)N(Cc2cccc(Cl)c2)C(Cc2ccccc2)C(=O)NC2CCCC2)S(C)(=O)=O)cc1. The summed E-state index contributed by atoms with van der Waals surface area (Å²) in [6, 6.07) is 22.3. The van der Waals surface area contributed by atoms with Crippen molar-refractivity contribution in [3.05, 3.63) is 95.0 Å². The highest BCUT2D eigenvalue weighted by Crippen LogP contribution is 2.24. The molecule has 0 radical (unpaired) electrons. The molecule has 2 amide bonds. The maximum absolute atomic E-state index is 14.2. The molecular weight excluding hydrogens is 574 g/mol. The highest BCUT2D eigenvalue weighted by atomic mass is 35.5. The predicted octanol–water partition coefficient (Wildman–Crippen LogP) is 5.20. The fraction of sp³-hybridized carbons (Fsp3) is 0.375. The van der Waals surface area contributed by atoms with Crippen LogP contribution in [0.25, 0.3) is 0 Å². The first-order valence-electron chi connectivity index (χ1n) is 14.2. The Morgan fingerprint density at radius 1 is 0.976 bits per heavy atom. The molecule has 1 unspecified atom stereocenters. The van der Waals surface area contributed by atoms with Crippen LogP contribution in [0.1, 0.15) is 43.7 Å². The van der Waals surface area contributed by atoms with E-state index in [1.807, 2.05) is 43.3 Å². The predicted molar refractivity (Wildman–Crippen MR) is 166 cm³/mol. The number of carbonyl (C=O) groups excluding carboxylic acids is 2. The van der Waals surface area contributed by atoms with Crippen molar-refractivity contribution in [3.63, 3.8) is 0 Å². The fourth-order valence-electron chi connectivity index (χ4n) is 5.24. The van der Waals surface area contributed by atoms with Crippen molar-refractivity contribution in [1.82, 2.24) is 10.2 Å². The van der Waals surface area contributed by atoms with Crippen molar-refractivity contribution < 1.29 is 22.7 Å². The Morgan fingerprint density at radius 2 is 1.64 bits per heavy atom. The number of rotatable bonds is 13. The first kappa shape index (κ1) is 31.4. The smallest absolute Gasteiger partial charge is 0.244 e. The molecule has 1 N–H and O–H groups in total. The van der Waals surface area contributed by atoms with E-state index < -0.39 is 28.5 Å². The Kier molecular flexibility index (Phi) is 10.9. The average Bonchev–Trinajstić information content (AvgIpc) is 3.47. The summed E-state index contributed by atoms with van der Waals surface area (Å²) in [6.07, 6.45) is 5.22. The number of amides is 2. The van der Waals surface area contributed by atoms with Gasteiger partial charge in [-0.2, -0.15) is 0 Å². The third-order valence-corrected chi connectivity index (χ3v) is 8.71. The van der Waals surface area contributed by atoms with Crippen molar-refractivity contribution in [2.75, 3.05) is 23.7 Å². The maximum Gasteiger partial charge on any atom is 0.244 e. The minimum Gasteiger partial charge on any atom is -0.494 e. The molecule has 1 atom stereocenters. The fourth-order valence-corrected chi connectivity index (χ4v) is 6.30. The summed E-state index contributed by atoms with van der Waals surface area (Å²) in [6.45, 7) is 1.93. The van der Waals surface area contributed by atoms with Gasteiger partial charge < -0.3 is 15.0 Å². The van der Waals surface area contributed by atoms with Gasteiger partial charge in [0.25, 0.3) is 0 Å². The Bertz CT molecular complexity index is 1440. The first-order valence-corrected chi connectivity index (χ1v) is 16.5. The van der Waals surface area contributed by atoms with Crippen molar-refractivity contribution in [1.29, 1.82) is 0 Å². The van der Waals surface area contributed by atoms with E-state index in [4.69, 9.17) is 16.3 Å². The molecule has 10 heteroatoms. The third kappa shape index (κ3) is 8.72. The van der Waals surface area contributed by atoms with Crippen LogP contribution in [0.5, 0.6) is 5.75 Å². The van der Waals surface area contributed by atoms with Crippen molar-refractivity contribution in [2.45, 2.75) is 57.7 Å². The lowest BCUT2D eigenvalue weighted by atomic mass is 10.0. The zero-order valence-electron chi connectivity index (χ0n) is 24.0. The van der Waals surface area contributed by atoms with Crippen LogP contribution in [0.3, 0.4) is 0 Å². The second-order valence-corrected chi connectivity index (χ2v) is 12.9. The summed E-state index contributed by atoms with van der Waals surface area (Å²) < 4.78 is 32.5. The molecule has 3 aromatic carbocycles. The Labute approximate surface area is 253 Å². The molecule has 0 heterocycles. The molecule has 1 fully saturated rings. The van der Waals surface area contributed by atoms with Crippen LogP contribution in [0.4, 0.5) is 5.69 Å². The van der Waals surface area contributed by atoms with Crippen LogP contribution in [-0.4, -0.2) is 56.6 Å². The lowest BCUT2D eigenvalue weighted by molar-refractivity contribution is -0.140. The lowest BCUT2D eigenvalue weighted by Gasteiger charge is -2.34. The second-order valence-electron chi connectivity index (χ2n) is 10.5. The molecule has 1 aliphatic carbocycles. The number of benzene rings is 3. The molecule has 0 spiro atoms. The molecule has 0 bridgehead atoms. The van der Waals surface area contributed by atoms with Crippen LogP contribution in [0.15, 0.2) is 78.9 Å². The summed E-state index contributed by atoms with van der Waals surface area (Å²) in [5.74, 6) is -0.167. The minimum atomic E-state index is -3.85. The van der Waals surface area contributed by atoms with Gasteiger partial charge in [0, 0.05) is 24.0 Å². The summed E-state index contributed by atoms with van der Waals surface area (Å²) >= 11 is 6.27. The zero-order chi connectivity index (χ0) is 30.1. The van der Waals surface area contributed by atoms with Crippen molar-refractivity contribution in [3.8, 4) is 5.75 Å². The minimum absolute atomic E-state index is 0.0512. The van der Waals surface area contributed by atoms with E-state index in [0.29, 0.717) is 23.1 Å². The van der Waals surface area contributed by atoms with Crippen LogP contribution in [0.2, 0.25) is 5.02 Å². The van der Waals surface area contributed by atoms with Crippen LogP contribution < -0.4 is 14.4 Å². The molecule has 3 aromatic rings. The lowest BCUT2D eigenvalue weighted by Crippen LogP contribution is -2.54. The number of nitrogens with zero attached hydrogens (tertiary/aromatic N) is 2. The van der Waals surface area contributed by atoms with Gasteiger partial charge in [0.15, 0.2) is 0 Å². The topological polar surface area (TPSA) is 96.0 Å². The quantitative estimate of drug-likeness (QED) is 0.286. The average molecular weight is 612 g/mol. The number of ether oxygens (including phenoxy) is 1. The summed E-state index contributed by atoms with van der Waals surface area (Å²) in [5.41, 5.74) is 1.95. The number of halogens is 1. The van der Waals surface area contributed by atoms with Crippen molar-refractivity contribution >= 4 is 39.1 Å². The molecule has 8 nitrogen and oxygen atoms in total. The molecule has 0 aliphatic heterocycles. The number of nitrogens with one attached hydrogen (secondary N) is 1. The Hall–Kier alpha value is -3.56. The standard InChI is InChI=1S/C32H38ClN3O5S/c1-3-41-29-18-16-28(17-19-29)36(42(2,39)40)23-31(37)35(22-25-12-9-13-26(33)20-25)30(21-24-10-5-4-6-11-24)32(38)34-27-14-7-8-15-27/h4-6,9-13,16-20,27,30H,3,7-8,14-15,21-23H2,1-2H3,(H,34,38). The van der Waals surface area contributed by atoms with Gasteiger partial charge in [-0.1, -0.05) is 66.9 Å². The highest BCUT2D eigenvalue weighted by Gasteiger charge is 2.34. The molecular formula is C32H38ClN3O5S. The summed E-state index contributed by atoms with van der Waals surface area (Å²) in [7, 11) is -3.85. The van der Waals surface area contributed by atoms with Gasteiger partial charge in [0.2, 0.25) is 21.8 Å². The van der Waals surface area contributed by atoms with Gasteiger partial charge in [0.05, 0.1) is 18.6 Å². The highest BCUT2D eigenvalue weighted by molar-refractivity contribution is 7.92. The van der Waals surface area contributed by atoms with Crippen LogP contribution in [-0.2, 0) is 32.6 Å². The molecule has 0 saturated heterocycles. The molecule has 224 valence electrons. The number of anilines is 1. The van der Waals surface area contributed by atoms with Gasteiger partial charge >= 0.3 is 0 Å². The zero-order valence-corrected chi connectivity index (χ0v) is 25.6. The third-order valence-electron chi connectivity index (χ3n) is 7.33. The Balaban J connectivity index is 1.70. The normalized spacial score (nSPS) is 14.3. The van der Waals surface area contributed by atoms with E-state index >= 15 is 0 Å². The van der Waals surface area contributed by atoms with Gasteiger partial charge in [-0.05, 0) is 67.3 Å². The second kappa shape index (κ2) is 14.6. The van der Waals surface area contributed by atoms with Crippen LogP contribution >= 0.6 is 11.6 Å². The molecule has 1 saturated carbocycles. The largest absolute Gasteiger partial charge is 0.494 e. The van der Waals surface area contributed by atoms with E-state index in [9.17, 15) is 18.0 Å². The number of sulfonamides is 1. The van der Waals surface area contributed by atoms with E-state index in [1.54, 1.807) is 42.5 Å². The van der Waals surface area contributed by atoms with E-state index in [2.05, 4.69) is 5.32 Å². The molecule has 42 heavy (non-hydrogen) atoms.